The molecule has 0 unspecified atom stereocenters. The first kappa shape index (κ1) is 17.6. The van der Waals surface area contributed by atoms with Gasteiger partial charge in [-0.2, -0.15) is 5.10 Å². The Morgan fingerprint density at radius 1 is 1.12 bits per heavy atom. The number of benzene rings is 1. The van der Waals surface area contributed by atoms with Crippen molar-refractivity contribution in [3.8, 4) is 28.3 Å². The molecule has 0 saturated carbocycles. The van der Waals surface area contributed by atoms with Crippen LogP contribution in [0.1, 0.15) is 0 Å². The van der Waals surface area contributed by atoms with Crippen molar-refractivity contribution in [2.75, 3.05) is 0 Å². The van der Waals surface area contributed by atoms with Crippen molar-refractivity contribution in [2.45, 2.75) is 4.90 Å². The molecule has 10 heteroatoms. The Kier molecular flexibility index (Phi) is 4.45. The number of hydrogen-bond donors (Lipinski definition) is 2. The van der Waals surface area contributed by atoms with Crippen molar-refractivity contribution in [1.29, 1.82) is 0 Å². The first-order chi connectivity index (χ1) is 12.3. The lowest BCUT2D eigenvalue weighted by atomic mass is 10.0. The molecule has 0 bridgehead atoms. The van der Waals surface area contributed by atoms with Crippen molar-refractivity contribution in [1.82, 2.24) is 14.8 Å². The van der Waals surface area contributed by atoms with Crippen molar-refractivity contribution >= 4 is 16.2 Å². The molecule has 3 aromatic rings. The van der Waals surface area contributed by atoms with Gasteiger partial charge < -0.3 is 9.84 Å². The SMILES string of the molecule is Cn1nc(-c2ccncc2)c(-c2ccc(S(N)(=O)=O)cc2)c1OC(=O)O. The molecule has 0 saturated heterocycles. The van der Waals surface area contributed by atoms with Crippen LogP contribution in [-0.4, -0.2) is 34.4 Å². The standard InChI is InChI=1S/C16H14N4O5S/c1-20-15(25-16(21)22)13(14(19-20)11-6-8-18-9-7-11)10-2-4-12(5-3-10)26(17,23)24/h2-9H,1H3,(H,21,22)(H2,17,23,24). The molecule has 0 aliphatic heterocycles. The molecule has 26 heavy (non-hydrogen) atoms. The number of sulfonamides is 1. The minimum atomic E-state index is -3.84. The van der Waals surface area contributed by atoms with Crippen LogP contribution in [0.25, 0.3) is 22.4 Å². The summed E-state index contributed by atoms with van der Waals surface area (Å²) < 4.78 is 29.1. The van der Waals surface area contributed by atoms with Crippen LogP contribution < -0.4 is 9.88 Å². The monoisotopic (exact) mass is 374 g/mol. The maximum absolute atomic E-state index is 11.4. The molecule has 0 amide bonds. The fourth-order valence-corrected chi connectivity index (χ4v) is 3.01. The summed E-state index contributed by atoms with van der Waals surface area (Å²) in [5.74, 6) is 0.00710. The summed E-state index contributed by atoms with van der Waals surface area (Å²) in [6.45, 7) is 0. The van der Waals surface area contributed by atoms with E-state index < -0.39 is 16.2 Å². The van der Waals surface area contributed by atoms with E-state index in [0.29, 0.717) is 22.4 Å². The van der Waals surface area contributed by atoms with E-state index in [2.05, 4.69) is 10.1 Å². The molecule has 1 aromatic carbocycles. The molecule has 3 rings (SSSR count). The maximum Gasteiger partial charge on any atom is 0.512 e. The zero-order valence-corrected chi connectivity index (χ0v) is 14.3. The van der Waals surface area contributed by atoms with E-state index in [1.807, 2.05) is 0 Å². The number of nitrogens with zero attached hydrogens (tertiary/aromatic N) is 3. The van der Waals surface area contributed by atoms with Crippen LogP contribution in [0, 0.1) is 0 Å². The van der Waals surface area contributed by atoms with Gasteiger partial charge in [-0.15, -0.1) is 0 Å². The smallest absolute Gasteiger partial charge is 0.449 e. The van der Waals surface area contributed by atoms with Gasteiger partial charge in [-0.3, -0.25) is 4.98 Å². The van der Waals surface area contributed by atoms with Gasteiger partial charge in [0.05, 0.1) is 10.5 Å². The number of pyridine rings is 1. The Morgan fingerprint density at radius 3 is 2.27 bits per heavy atom. The normalized spacial score (nSPS) is 11.3. The average molecular weight is 374 g/mol. The lowest BCUT2D eigenvalue weighted by Crippen LogP contribution is -2.11. The number of nitrogens with two attached hydrogens (primary N) is 1. The number of carboxylic acid groups (broad SMARTS) is 1. The third-order valence-electron chi connectivity index (χ3n) is 3.60. The second-order valence-electron chi connectivity index (χ2n) is 5.33. The molecular weight excluding hydrogens is 360 g/mol. The lowest BCUT2D eigenvalue weighted by molar-refractivity contribution is 0.140. The maximum atomic E-state index is 11.4. The van der Waals surface area contributed by atoms with E-state index in [-0.39, 0.29) is 10.8 Å². The second-order valence-corrected chi connectivity index (χ2v) is 6.89. The van der Waals surface area contributed by atoms with Gasteiger partial charge in [-0.1, -0.05) is 12.1 Å². The van der Waals surface area contributed by atoms with Gasteiger partial charge in [-0.05, 0) is 29.8 Å². The topological polar surface area (TPSA) is 137 Å². The average Bonchev–Trinajstić information content (AvgIpc) is 2.91. The van der Waals surface area contributed by atoms with Crippen molar-refractivity contribution in [3.63, 3.8) is 0 Å². The van der Waals surface area contributed by atoms with Crippen LogP contribution in [-0.2, 0) is 17.1 Å². The summed E-state index contributed by atoms with van der Waals surface area (Å²) in [7, 11) is -2.30. The fraction of sp³-hybridized carbons (Fsp3) is 0.0625. The summed E-state index contributed by atoms with van der Waals surface area (Å²) in [6.07, 6.45) is 1.67. The van der Waals surface area contributed by atoms with E-state index in [1.54, 1.807) is 31.6 Å². The highest BCUT2D eigenvalue weighted by atomic mass is 32.2. The van der Waals surface area contributed by atoms with Gasteiger partial charge in [0.1, 0.15) is 5.69 Å². The minimum absolute atomic E-state index is 0.00710. The summed E-state index contributed by atoms with van der Waals surface area (Å²) in [5.41, 5.74) is 2.09. The quantitative estimate of drug-likeness (QED) is 0.665. The first-order valence-electron chi connectivity index (χ1n) is 7.29. The highest BCUT2D eigenvalue weighted by Gasteiger charge is 2.23. The number of ether oxygens (including phenoxy) is 1. The van der Waals surface area contributed by atoms with Crippen LogP contribution in [0.15, 0.2) is 53.7 Å². The summed E-state index contributed by atoms with van der Waals surface area (Å²) in [6, 6.07) is 9.12. The highest BCUT2D eigenvalue weighted by molar-refractivity contribution is 7.89. The lowest BCUT2D eigenvalue weighted by Gasteiger charge is -2.07. The van der Waals surface area contributed by atoms with Gasteiger partial charge in [0.25, 0.3) is 0 Å². The van der Waals surface area contributed by atoms with Crippen LogP contribution in [0.3, 0.4) is 0 Å². The zero-order valence-electron chi connectivity index (χ0n) is 13.5. The molecule has 0 fully saturated rings. The molecule has 9 nitrogen and oxygen atoms in total. The molecule has 0 atom stereocenters. The Hall–Kier alpha value is -3.24. The van der Waals surface area contributed by atoms with Gasteiger partial charge >= 0.3 is 6.16 Å². The summed E-state index contributed by atoms with van der Waals surface area (Å²) >= 11 is 0. The number of rotatable bonds is 4. The molecule has 2 aromatic heterocycles. The van der Waals surface area contributed by atoms with Crippen LogP contribution >= 0.6 is 0 Å². The zero-order chi connectivity index (χ0) is 18.9. The number of aryl methyl sites for hydroxylation is 1. The number of carbonyl (C=O) groups is 1. The van der Waals surface area contributed by atoms with Crippen molar-refractivity contribution in [3.05, 3.63) is 48.8 Å². The van der Waals surface area contributed by atoms with E-state index in [1.165, 1.54) is 28.9 Å². The van der Waals surface area contributed by atoms with Gasteiger partial charge in [0.2, 0.25) is 15.9 Å². The van der Waals surface area contributed by atoms with Crippen molar-refractivity contribution in [2.24, 2.45) is 12.2 Å². The third kappa shape index (κ3) is 3.41. The largest absolute Gasteiger partial charge is 0.512 e. The molecule has 0 radical (unpaired) electrons. The fourth-order valence-electron chi connectivity index (χ4n) is 2.49. The van der Waals surface area contributed by atoms with E-state index in [0.717, 1.165) is 0 Å². The molecule has 3 N–H and O–H groups in total. The molecule has 0 aliphatic rings. The van der Waals surface area contributed by atoms with Crippen molar-refractivity contribution < 1.29 is 23.1 Å². The van der Waals surface area contributed by atoms with Gasteiger partial charge in [-0.25, -0.2) is 23.0 Å². The van der Waals surface area contributed by atoms with E-state index >= 15 is 0 Å². The van der Waals surface area contributed by atoms with Crippen LogP contribution in [0.4, 0.5) is 4.79 Å². The molecule has 0 spiro atoms. The predicted molar refractivity (Wildman–Crippen MR) is 91.9 cm³/mol. The minimum Gasteiger partial charge on any atom is -0.449 e. The second kappa shape index (κ2) is 6.58. The first-order valence-corrected chi connectivity index (χ1v) is 8.83. The molecule has 134 valence electrons. The molecular formula is C16H14N4O5S. The predicted octanol–water partition coefficient (Wildman–Crippen LogP) is 1.85. The summed E-state index contributed by atoms with van der Waals surface area (Å²) in [4.78, 5) is 15.0. The van der Waals surface area contributed by atoms with E-state index in [4.69, 9.17) is 15.0 Å². The number of hydrogen-bond acceptors (Lipinski definition) is 6. The van der Waals surface area contributed by atoms with Crippen LogP contribution in [0.5, 0.6) is 5.88 Å². The highest BCUT2D eigenvalue weighted by Crippen LogP contribution is 2.39. The van der Waals surface area contributed by atoms with Gasteiger partial charge in [0, 0.05) is 25.0 Å². The molecule has 2 heterocycles. The Labute approximate surface area is 148 Å². The van der Waals surface area contributed by atoms with E-state index in [9.17, 15) is 13.2 Å². The Morgan fingerprint density at radius 2 is 1.73 bits per heavy atom. The molecule has 0 aliphatic carbocycles. The summed E-state index contributed by atoms with van der Waals surface area (Å²) in [5, 5.41) is 18.5. The third-order valence-corrected chi connectivity index (χ3v) is 4.53. The number of primary sulfonamides is 1. The number of aromatic nitrogens is 3. The Bertz CT molecular complexity index is 1060. The van der Waals surface area contributed by atoms with Crippen LogP contribution in [0.2, 0.25) is 0 Å². The Balaban J connectivity index is 2.22. The van der Waals surface area contributed by atoms with Gasteiger partial charge in [0.15, 0.2) is 0 Å².